The van der Waals surface area contributed by atoms with Gasteiger partial charge in [-0.1, -0.05) is 0 Å². The highest BCUT2D eigenvalue weighted by Gasteiger charge is 2.63. The Bertz CT molecular complexity index is 414. The Morgan fingerprint density at radius 3 is 1.94 bits per heavy atom. The maximum Gasteiger partial charge on any atom is 0.463 e. The molecule has 1 aromatic carbocycles. The highest BCUT2D eigenvalue weighted by Crippen LogP contribution is 2.36. The minimum atomic E-state index is -5.90. The standard InChI is InChI=1S/C9H5F5INO/c10-8(11,9(12,13)14)7(17)16-6-3-1-5(15)2-4-6/h1-4H,(H,16,17). The van der Waals surface area contributed by atoms with Crippen LogP contribution in [0.1, 0.15) is 0 Å². The van der Waals surface area contributed by atoms with E-state index in [0.29, 0.717) is 0 Å². The first kappa shape index (κ1) is 14.1. The van der Waals surface area contributed by atoms with Crippen LogP contribution in [0.15, 0.2) is 24.3 Å². The summed E-state index contributed by atoms with van der Waals surface area (Å²) in [6.07, 6.45) is -5.90. The van der Waals surface area contributed by atoms with Gasteiger partial charge in [-0.05, 0) is 46.9 Å². The lowest BCUT2D eigenvalue weighted by molar-refractivity contribution is -0.267. The molecule has 0 aliphatic carbocycles. The number of hydrogen-bond acceptors (Lipinski definition) is 1. The lowest BCUT2D eigenvalue weighted by Crippen LogP contribution is -2.47. The maximum atomic E-state index is 12.6. The molecule has 0 aliphatic rings. The van der Waals surface area contributed by atoms with Crippen molar-refractivity contribution < 1.29 is 26.7 Å². The molecule has 2 nitrogen and oxygen atoms in total. The number of carbonyl (C=O) groups is 1. The Labute approximate surface area is 106 Å². The van der Waals surface area contributed by atoms with Crippen molar-refractivity contribution in [2.24, 2.45) is 0 Å². The van der Waals surface area contributed by atoms with E-state index >= 15 is 0 Å². The average molecular weight is 365 g/mol. The first-order valence-electron chi connectivity index (χ1n) is 4.16. The summed E-state index contributed by atoms with van der Waals surface area (Å²) in [5.74, 6) is -7.80. The number of anilines is 1. The van der Waals surface area contributed by atoms with Gasteiger partial charge in [-0.3, -0.25) is 4.79 Å². The first-order valence-corrected chi connectivity index (χ1v) is 5.24. The van der Waals surface area contributed by atoms with Crippen LogP contribution in [0.5, 0.6) is 0 Å². The Hall–Kier alpha value is -0.930. The minimum absolute atomic E-state index is 0.126. The van der Waals surface area contributed by atoms with Gasteiger partial charge in [-0.15, -0.1) is 0 Å². The number of hydrogen-bond donors (Lipinski definition) is 1. The zero-order valence-electron chi connectivity index (χ0n) is 7.99. The van der Waals surface area contributed by atoms with Gasteiger partial charge in [-0.2, -0.15) is 22.0 Å². The molecule has 1 amide bonds. The fraction of sp³-hybridized carbons (Fsp3) is 0.222. The van der Waals surface area contributed by atoms with E-state index in [4.69, 9.17) is 0 Å². The van der Waals surface area contributed by atoms with Crippen molar-refractivity contribution in [2.45, 2.75) is 12.1 Å². The van der Waals surface area contributed by atoms with Gasteiger partial charge >= 0.3 is 18.0 Å². The van der Waals surface area contributed by atoms with E-state index in [-0.39, 0.29) is 5.69 Å². The number of halogens is 6. The number of benzene rings is 1. The summed E-state index contributed by atoms with van der Waals surface area (Å²) in [6, 6.07) is 5.38. The molecule has 0 unspecified atom stereocenters. The second-order valence-corrected chi connectivity index (χ2v) is 4.28. The molecule has 1 N–H and O–H groups in total. The SMILES string of the molecule is O=C(Nc1ccc(I)cc1)C(F)(F)C(F)(F)F. The molecule has 0 atom stereocenters. The molecule has 1 rings (SSSR count). The fourth-order valence-electron chi connectivity index (χ4n) is 0.872. The van der Waals surface area contributed by atoms with E-state index in [2.05, 4.69) is 0 Å². The largest absolute Gasteiger partial charge is 0.463 e. The number of carbonyl (C=O) groups excluding carboxylic acids is 1. The van der Waals surface area contributed by atoms with Crippen LogP contribution >= 0.6 is 22.6 Å². The third-order valence-electron chi connectivity index (χ3n) is 1.74. The molecule has 0 aliphatic heterocycles. The van der Waals surface area contributed by atoms with Crippen LogP contribution in [0.2, 0.25) is 0 Å². The molecule has 0 radical (unpaired) electrons. The van der Waals surface area contributed by atoms with Crippen molar-refractivity contribution >= 4 is 34.2 Å². The van der Waals surface area contributed by atoms with Crippen molar-refractivity contribution in [1.29, 1.82) is 0 Å². The molecule has 8 heteroatoms. The molecular weight excluding hydrogens is 360 g/mol. The number of alkyl halides is 5. The van der Waals surface area contributed by atoms with Gasteiger partial charge in [0.25, 0.3) is 0 Å². The van der Waals surface area contributed by atoms with Gasteiger partial charge in [0, 0.05) is 9.26 Å². The number of amides is 1. The zero-order chi connectivity index (χ0) is 13.3. The van der Waals surface area contributed by atoms with Crippen molar-refractivity contribution in [3.8, 4) is 0 Å². The van der Waals surface area contributed by atoms with E-state index in [1.165, 1.54) is 29.6 Å². The predicted molar refractivity (Wildman–Crippen MR) is 58.8 cm³/mol. The highest BCUT2D eigenvalue weighted by atomic mass is 127. The van der Waals surface area contributed by atoms with Crippen LogP contribution in [0.4, 0.5) is 27.6 Å². The van der Waals surface area contributed by atoms with E-state index in [9.17, 15) is 26.7 Å². The van der Waals surface area contributed by atoms with Crippen LogP contribution in [0.3, 0.4) is 0 Å². The molecule has 17 heavy (non-hydrogen) atoms. The molecular formula is C9H5F5INO. The second kappa shape index (κ2) is 4.75. The van der Waals surface area contributed by atoms with E-state index in [0.717, 1.165) is 3.57 Å². The third-order valence-corrected chi connectivity index (χ3v) is 2.46. The minimum Gasteiger partial charge on any atom is -0.321 e. The first-order chi connectivity index (χ1) is 7.64. The number of rotatable bonds is 2. The van der Waals surface area contributed by atoms with Crippen LogP contribution in [-0.2, 0) is 4.79 Å². The topological polar surface area (TPSA) is 29.1 Å². The van der Waals surface area contributed by atoms with Crippen LogP contribution in [0.25, 0.3) is 0 Å². The Morgan fingerprint density at radius 2 is 1.53 bits per heavy atom. The predicted octanol–water partition coefficient (Wildman–Crippen LogP) is 3.43. The van der Waals surface area contributed by atoms with E-state index in [1.54, 1.807) is 0 Å². The smallest absolute Gasteiger partial charge is 0.321 e. The molecule has 0 heterocycles. The summed E-state index contributed by atoms with van der Waals surface area (Å²) in [5.41, 5.74) is -0.126. The van der Waals surface area contributed by atoms with Crippen LogP contribution < -0.4 is 5.32 Å². The van der Waals surface area contributed by atoms with Gasteiger partial charge in [0.1, 0.15) is 0 Å². The lowest BCUT2D eigenvalue weighted by Gasteiger charge is -2.18. The summed E-state index contributed by atoms with van der Waals surface area (Å²) in [5, 5.41) is 1.50. The summed E-state index contributed by atoms with van der Waals surface area (Å²) in [4.78, 5) is 10.8. The van der Waals surface area contributed by atoms with Crippen molar-refractivity contribution in [3.63, 3.8) is 0 Å². The fourth-order valence-corrected chi connectivity index (χ4v) is 1.23. The maximum absolute atomic E-state index is 12.6. The molecule has 0 saturated carbocycles. The summed E-state index contributed by atoms with van der Waals surface area (Å²) in [6.45, 7) is 0. The summed E-state index contributed by atoms with van der Waals surface area (Å²) < 4.78 is 61.4. The van der Waals surface area contributed by atoms with Crippen molar-refractivity contribution in [3.05, 3.63) is 27.8 Å². The van der Waals surface area contributed by atoms with E-state index < -0.39 is 18.0 Å². The molecule has 0 aromatic heterocycles. The average Bonchev–Trinajstić information content (AvgIpc) is 2.19. The normalized spacial score (nSPS) is 12.4. The molecule has 0 spiro atoms. The molecule has 0 saturated heterocycles. The Morgan fingerprint density at radius 1 is 1.06 bits per heavy atom. The number of nitrogens with one attached hydrogen (secondary N) is 1. The third kappa shape index (κ3) is 3.27. The second-order valence-electron chi connectivity index (χ2n) is 3.03. The van der Waals surface area contributed by atoms with Gasteiger partial charge in [-0.25, -0.2) is 0 Å². The summed E-state index contributed by atoms with van der Waals surface area (Å²) in [7, 11) is 0. The van der Waals surface area contributed by atoms with Crippen molar-refractivity contribution in [1.82, 2.24) is 0 Å². The monoisotopic (exact) mass is 365 g/mol. The highest BCUT2D eigenvalue weighted by molar-refractivity contribution is 14.1. The van der Waals surface area contributed by atoms with Gasteiger partial charge in [0.15, 0.2) is 0 Å². The zero-order valence-corrected chi connectivity index (χ0v) is 10.1. The van der Waals surface area contributed by atoms with Crippen LogP contribution in [0, 0.1) is 3.57 Å². The molecule has 0 bridgehead atoms. The quantitative estimate of drug-likeness (QED) is 0.632. The van der Waals surface area contributed by atoms with Crippen LogP contribution in [-0.4, -0.2) is 18.0 Å². The van der Waals surface area contributed by atoms with Gasteiger partial charge in [0.05, 0.1) is 0 Å². The van der Waals surface area contributed by atoms with Gasteiger partial charge in [0.2, 0.25) is 0 Å². The van der Waals surface area contributed by atoms with Crippen molar-refractivity contribution in [2.75, 3.05) is 5.32 Å². The van der Waals surface area contributed by atoms with E-state index in [1.807, 2.05) is 22.6 Å². The van der Waals surface area contributed by atoms with Gasteiger partial charge < -0.3 is 5.32 Å². The Balaban J connectivity index is 2.83. The molecule has 0 fully saturated rings. The Kier molecular flexibility index (Phi) is 3.95. The lowest BCUT2D eigenvalue weighted by atomic mass is 10.2. The summed E-state index contributed by atoms with van der Waals surface area (Å²) >= 11 is 1.92. The molecule has 94 valence electrons. The molecule has 1 aromatic rings.